The predicted molar refractivity (Wildman–Crippen MR) is 125 cm³/mol. The molecule has 4 aromatic rings. The minimum Gasteiger partial charge on any atom is -0.384 e. The van der Waals surface area contributed by atoms with E-state index in [1.165, 1.54) is 6.33 Å². The van der Waals surface area contributed by atoms with Gasteiger partial charge in [0.2, 0.25) is 10.0 Å². The van der Waals surface area contributed by atoms with Gasteiger partial charge in [0.05, 0.1) is 22.7 Å². The number of hydrogen-bond acceptors (Lipinski definition) is 7. The molecule has 0 amide bonds. The smallest absolute Gasteiger partial charge is 0.232 e. The molecule has 0 unspecified atom stereocenters. The van der Waals surface area contributed by atoms with Gasteiger partial charge < -0.3 is 11.1 Å². The Morgan fingerprint density at radius 3 is 2.64 bits per heavy atom. The Kier molecular flexibility index (Phi) is 6.05. The highest BCUT2D eigenvalue weighted by atomic mass is 32.2. The molecule has 11 heteroatoms. The maximum atomic E-state index is 15.1. The molecule has 0 aliphatic rings. The molecular formula is C22H20F2N6O2S. The average Bonchev–Trinajstić information content (AvgIpc) is 2.78. The number of halogens is 2. The van der Waals surface area contributed by atoms with Crippen LogP contribution in [0, 0.1) is 11.6 Å². The van der Waals surface area contributed by atoms with Crippen LogP contribution >= 0.6 is 0 Å². The van der Waals surface area contributed by atoms with Gasteiger partial charge in [-0.15, -0.1) is 0 Å². The first-order chi connectivity index (χ1) is 15.8. The van der Waals surface area contributed by atoms with E-state index in [9.17, 15) is 12.8 Å². The number of pyridine rings is 1. The van der Waals surface area contributed by atoms with Gasteiger partial charge in [-0.25, -0.2) is 32.2 Å². The number of nitrogens with two attached hydrogens (primary N) is 1. The second kappa shape index (κ2) is 8.94. The van der Waals surface area contributed by atoms with Crippen LogP contribution in [0.3, 0.4) is 0 Å². The summed E-state index contributed by atoms with van der Waals surface area (Å²) in [5.74, 6) is -1.70. The third-order valence-electron chi connectivity index (χ3n) is 4.77. The molecule has 4 rings (SSSR count). The van der Waals surface area contributed by atoms with E-state index in [1.54, 1.807) is 43.3 Å². The van der Waals surface area contributed by atoms with E-state index < -0.39 is 27.3 Å². The number of benzene rings is 2. The van der Waals surface area contributed by atoms with Gasteiger partial charge in [0.15, 0.2) is 5.82 Å². The molecular weight excluding hydrogens is 450 g/mol. The molecule has 0 bridgehead atoms. The lowest BCUT2D eigenvalue weighted by molar-refractivity contribution is 0.588. The van der Waals surface area contributed by atoms with Gasteiger partial charge in [-0.2, -0.15) is 0 Å². The molecule has 8 nitrogen and oxygen atoms in total. The number of aromatic nitrogens is 3. The monoisotopic (exact) mass is 470 g/mol. The van der Waals surface area contributed by atoms with Crippen LogP contribution in [-0.2, 0) is 10.0 Å². The molecule has 0 fully saturated rings. The van der Waals surface area contributed by atoms with Gasteiger partial charge >= 0.3 is 0 Å². The van der Waals surface area contributed by atoms with Gasteiger partial charge in [-0.1, -0.05) is 19.1 Å². The summed E-state index contributed by atoms with van der Waals surface area (Å²) < 4.78 is 55.9. The Morgan fingerprint density at radius 1 is 1.06 bits per heavy atom. The number of nitrogens with zero attached hydrogens (tertiary/aromatic N) is 3. The number of sulfonamides is 1. The Hall–Kier alpha value is -3.86. The van der Waals surface area contributed by atoms with Crippen molar-refractivity contribution in [2.24, 2.45) is 0 Å². The molecule has 0 aliphatic heterocycles. The number of nitrogen functional groups attached to an aromatic ring is 1. The number of hydrogen-bond donors (Lipinski definition) is 3. The third-order valence-corrected chi connectivity index (χ3v) is 6.25. The lowest BCUT2D eigenvalue weighted by Gasteiger charge is -2.14. The topological polar surface area (TPSA) is 123 Å². The second-order valence-electron chi connectivity index (χ2n) is 7.23. The molecule has 0 saturated carbocycles. The minimum atomic E-state index is -3.77. The summed E-state index contributed by atoms with van der Waals surface area (Å²) in [7, 11) is -3.77. The first-order valence-electron chi connectivity index (χ1n) is 10.0. The highest BCUT2D eigenvalue weighted by Crippen LogP contribution is 2.32. The molecule has 170 valence electrons. The number of rotatable bonds is 7. The van der Waals surface area contributed by atoms with E-state index in [1.807, 2.05) is 0 Å². The average molecular weight is 471 g/mol. The molecule has 0 aliphatic carbocycles. The standard InChI is InChI=1S/C22H20F2N6O2S/c1-2-10-33(31,32)30-18-9-7-15(23)21(20(18)24)29-22-14-11-13(6-8-17(14)26-12-27-22)16-4-3-5-19(25)28-16/h3-9,11-12,30H,2,10H2,1H3,(H2,25,28)(H,26,27,29). The third kappa shape index (κ3) is 4.82. The van der Waals surface area contributed by atoms with Crippen molar-refractivity contribution in [1.29, 1.82) is 0 Å². The van der Waals surface area contributed by atoms with Crippen LogP contribution in [0.1, 0.15) is 13.3 Å². The van der Waals surface area contributed by atoms with Crippen molar-refractivity contribution in [3.05, 3.63) is 66.5 Å². The van der Waals surface area contributed by atoms with Gasteiger partial charge in [-0.05, 0) is 42.8 Å². The summed E-state index contributed by atoms with van der Waals surface area (Å²) in [4.78, 5) is 12.6. The number of fused-ring (bicyclic) bond motifs is 1. The highest BCUT2D eigenvalue weighted by molar-refractivity contribution is 7.92. The lowest BCUT2D eigenvalue weighted by atomic mass is 10.1. The summed E-state index contributed by atoms with van der Waals surface area (Å²) in [6, 6.07) is 12.5. The summed E-state index contributed by atoms with van der Waals surface area (Å²) in [5.41, 5.74) is 6.70. The Balaban J connectivity index is 1.76. The Morgan fingerprint density at radius 2 is 1.88 bits per heavy atom. The lowest BCUT2D eigenvalue weighted by Crippen LogP contribution is -2.17. The molecule has 0 saturated heterocycles. The van der Waals surface area contributed by atoms with Crippen LogP contribution in [0.15, 0.2) is 54.9 Å². The van der Waals surface area contributed by atoms with Crippen LogP contribution in [-0.4, -0.2) is 29.1 Å². The largest absolute Gasteiger partial charge is 0.384 e. The van der Waals surface area contributed by atoms with E-state index in [2.05, 4.69) is 25.0 Å². The highest BCUT2D eigenvalue weighted by Gasteiger charge is 2.19. The van der Waals surface area contributed by atoms with Crippen LogP contribution in [0.25, 0.3) is 22.2 Å². The van der Waals surface area contributed by atoms with E-state index in [4.69, 9.17) is 5.73 Å². The van der Waals surface area contributed by atoms with E-state index >= 15 is 4.39 Å². The maximum absolute atomic E-state index is 15.1. The van der Waals surface area contributed by atoms with Crippen molar-refractivity contribution < 1.29 is 17.2 Å². The fourth-order valence-corrected chi connectivity index (χ4v) is 4.41. The summed E-state index contributed by atoms with van der Waals surface area (Å²) in [5, 5.41) is 3.13. The first-order valence-corrected chi connectivity index (χ1v) is 11.7. The Labute approximate surface area is 189 Å². The van der Waals surface area contributed by atoms with Crippen LogP contribution in [0.4, 0.5) is 31.8 Å². The quantitative estimate of drug-likeness (QED) is 0.365. The molecule has 2 heterocycles. The van der Waals surface area contributed by atoms with Crippen molar-refractivity contribution in [3.8, 4) is 11.3 Å². The zero-order valence-corrected chi connectivity index (χ0v) is 18.3. The van der Waals surface area contributed by atoms with E-state index in [0.717, 1.165) is 12.1 Å². The number of nitrogens with one attached hydrogen (secondary N) is 2. The van der Waals surface area contributed by atoms with Gasteiger partial charge in [0, 0.05) is 10.9 Å². The number of anilines is 4. The molecule has 0 atom stereocenters. The van der Waals surface area contributed by atoms with Crippen molar-refractivity contribution in [2.75, 3.05) is 21.5 Å². The molecule has 2 aromatic carbocycles. The van der Waals surface area contributed by atoms with Crippen molar-refractivity contribution in [1.82, 2.24) is 15.0 Å². The minimum absolute atomic E-state index is 0.136. The van der Waals surface area contributed by atoms with Gasteiger partial charge in [0.25, 0.3) is 0 Å². The zero-order valence-electron chi connectivity index (χ0n) is 17.5. The Bertz CT molecular complexity index is 1450. The fourth-order valence-electron chi connectivity index (χ4n) is 3.28. The van der Waals surface area contributed by atoms with Crippen LogP contribution < -0.4 is 15.8 Å². The summed E-state index contributed by atoms with van der Waals surface area (Å²) >= 11 is 0. The zero-order chi connectivity index (χ0) is 23.6. The van der Waals surface area contributed by atoms with Crippen molar-refractivity contribution in [2.45, 2.75) is 13.3 Å². The molecule has 33 heavy (non-hydrogen) atoms. The molecule has 0 radical (unpaired) electrons. The summed E-state index contributed by atoms with van der Waals surface area (Å²) in [6.45, 7) is 1.68. The molecule has 4 N–H and O–H groups in total. The van der Waals surface area contributed by atoms with Crippen LogP contribution in [0.2, 0.25) is 0 Å². The van der Waals surface area contributed by atoms with Gasteiger partial charge in [-0.3, -0.25) is 4.72 Å². The molecule has 2 aromatic heterocycles. The maximum Gasteiger partial charge on any atom is 0.232 e. The predicted octanol–water partition coefficient (Wildman–Crippen LogP) is 4.45. The SMILES string of the molecule is CCCS(=O)(=O)Nc1ccc(F)c(Nc2ncnc3ccc(-c4cccc(N)n4)cc23)c1F. The van der Waals surface area contributed by atoms with E-state index in [-0.39, 0.29) is 17.3 Å². The second-order valence-corrected chi connectivity index (χ2v) is 9.07. The summed E-state index contributed by atoms with van der Waals surface area (Å²) in [6.07, 6.45) is 1.60. The van der Waals surface area contributed by atoms with Crippen molar-refractivity contribution >= 4 is 43.9 Å². The van der Waals surface area contributed by atoms with Crippen molar-refractivity contribution in [3.63, 3.8) is 0 Å². The van der Waals surface area contributed by atoms with Gasteiger partial charge in [0.1, 0.15) is 29.5 Å². The van der Waals surface area contributed by atoms with E-state index in [0.29, 0.717) is 34.4 Å². The first kappa shape index (κ1) is 22.3. The fraction of sp³-hybridized carbons (Fsp3) is 0.136. The normalized spacial score (nSPS) is 11.5. The molecule has 0 spiro atoms. The van der Waals surface area contributed by atoms with Crippen LogP contribution in [0.5, 0.6) is 0 Å².